The summed E-state index contributed by atoms with van der Waals surface area (Å²) < 4.78 is 6.41. The fourth-order valence-corrected chi connectivity index (χ4v) is 4.77. The van der Waals surface area contributed by atoms with Gasteiger partial charge in [-0.15, -0.1) is 0 Å². The van der Waals surface area contributed by atoms with E-state index in [1.54, 1.807) is 36.4 Å². The zero-order valence-electron chi connectivity index (χ0n) is 17.5. The minimum atomic E-state index is -0.465. The van der Waals surface area contributed by atoms with Gasteiger partial charge in [0.15, 0.2) is 5.13 Å². The molecule has 0 bridgehead atoms. The molecule has 7 nitrogen and oxygen atoms in total. The predicted molar refractivity (Wildman–Crippen MR) is 121 cm³/mol. The quantitative estimate of drug-likeness (QED) is 0.427. The Hall–Kier alpha value is -3.78. The molecule has 0 radical (unpaired) electrons. The molecule has 0 N–H and O–H groups in total. The van der Waals surface area contributed by atoms with Gasteiger partial charge >= 0.3 is 0 Å². The molecule has 3 heterocycles. The van der Waals surface area contributed by atoms with Crippen LogP contribution in [-0.4, -0.2) is 34.2 Å². The molecule has 1 aliphatic rings. The highest BCUT2D eigenvalue weighted by Crippen LogP contribution is 2.32. The van der Waals surface area contributed by atoms with Gasteiger partial charge in [-0.25, -0.2) is 4.98 Å². The number of amides is 3. The molecule has 8 heteroatoms. The lowest BCUT2D eigenvalue weighted by atomic mass is 10.1. The zero-order valence-corrected chi connectivity index (χ0v) is 18.3. The largest absolute Gasteiger partial charge is 0.467 e. The van der Waals surface area contributed by atoms with Gasteiger partial charge in [0.1, 0.15) is 12.3 Å². The monoisotopic (exact) mass is 445 g/mol. The Balaban J connectivity index is 1.48. The van der Waals surface area contributed by atoms with Crippen LogP contribution in [0.15, 0.2) is 59.2 Å². The summed E-state index contributed by atoms with van der Waals surface area (Å²) in [5.74, 6) is -0.768. The first kappa shape index (κ1) is 20.1. The van der Waals surface area contributed by atoms with Gasteiger partial charge in [0.25, 0.3) is 11.8 Å². The summed E-state index contributed by atoms with van der Waals surface area (Å²) in [5.41, 5.74) is 3.68. The van der Waals surface area contributed by atoms with Crippen molar-refractivity contribution in [1.82, 2.24) is 9.88 Å². The van der Waals surface area contributed by atoms with E-state index >= 15 is 0 Å². The van der Waals surface area contributed by atoms with E-state index < -0.39 is 17.7 Å². The van der Waals surface area contributed by atoms with Crippen LogP contribution in [0.25, 0.3) is 10.2 Å². The van der Waals surface area contributed by atoms with Crippen molar-refractivity contribution in [2.75, 3.05) is 11.4 Å². The van der Waals surface area contributed by atoms with Gasteiger partial charge in [0.05, 0.1) is 34.2 Å². The van der Waals surface area contributed by atoms with Crippen LogP contribution in [-0.2, 0) is 11.3 Å². The smallest absolute Gasteiger partial charge is 0.262 e. The number of rotatable bonds is 5. The molecular formula is C24H19N3O4S. The second kappa shape index (κ2) is 7.72. The van der Waals surface area contributed by atoms with Crippen LogP contribution in [0.3, 0.4) is 0 Å². The van der Waals surface area contributed by atoms with E-state index in [1.807, 2.05) is 26.0 Å². The Morgan fingerprint density at radius 3 is 2.38 bits per heavy atom. The summed E-state index contributed by atoms with van der Waals surface area (Å²) in [7, 11) is 0. The van der Waals surface area contributed by atoms with E-state index in [1.165, 1.54) is 22.5 Å². The molecule has 1 aliphatic heterocycles. The maximum Gasteiger partial charge on any atom is 0.262 e. The number of thiazole rings is 1. The van der Waals surface area contributed by atoms with Crippen molar-refractivity contribution < 1.29 is 18.8 Å². The van der Waals surface area contributed by atoms with Crippen molar-refractivity contribution in [3.63, 3.8) is 0 Å². The minimum absolute atomic E-state index is 0.146. The van der Waals surface area contributed by atoms with Gasteiger partial charge < -0.3 is 4.42 Å². The number of nitrogens with zero attached hydrogens (tertiary/aromatic N) is 3. The fourth-order valence-electron chi connectivity index (χ4n) is 3.71. The van der Waals surface area contributed by atoms with Crippen LogP contribution in [0.1, 0.15) is 37.6 Å². The molecule has 0 fully saturated rings. The Kier molecular flexibility index (Phi) is 4.86. The molecule has 5 rings (SSSR count). The van der Waals surface area contributed by atoms with Gasteiger partial charge in [0.2, 0.25) is 5.91 Å². The second-order valence-corrected chi connectivity index (χ2v) is 8.71. The topological polar surface area (TPSA) is 83.7 Å². The number of fused-ring (bicyclic) bond motifs is 2. The predicted octanol–water partition coefficient (Wildman–Crippen LogP) is 4.34. The van der Waals surface area contributed by atoms with Gasteiger partial charge in [0, 0.05) is 0 Å². The van der Waals surface area contributed by atoms with Crippen LogP contribution in [0.4, 0.5) is 5.13 Å². The van der Waals surface area contributed by atoms with Crippen molar-refractivity contribution in [3.8, 4) is 0 Å². The van der Waals surface area contributed by atoms with E-state index in [2.05, 4.69) is 4.98 Å². The van der Waals surface area contributed by atoms with Crippen molar-refractivity contribution in [3.05, 3.63) is 82.8 Å². The highest BCUT2D eigenvalue weighted by atomic mass is 32.1. The third-order valence-corrected chi connectivity index (χ3v) is 6.63. The number of benzene rings is 2. The molecule has 3 amide bonds. The average molecular weight is 446 g/mol. The lowest BCUT2D eigenvalue weighted by molar-refractivity contribution is -0.119. The Labute approximate surface area is 187 Å². The number of carbonyl (C=O) groups is 3. The number of anilines is 1. The first-order chi connectivity index (χ1) is 15.4. The summed E-state index contributed by atoms with van der Waals surface area (Å²) in [4.78, 5) is 46.0. The Bertz CT molecular complexity index is 1300. The standard InChI is InChI=1S/C24H19N3O4S/c1-14-10-19-20(11-15(14)2)32-24(25-19)26(12-16-6-5-9-31-16)21(28)13-27-22(29)17-7-3-4-8-18(17)23(27)30/h3-11H,12-13H2,1-2H3. The SMILES string of the molecule is Cc1cc2nc(N(Cc3ccco3)C(=O)CN3C(=O)c4ccccc4C3=O)sc2cc1C. The van der Waals surface area contributed by atoms with Gasteiger partial charge in [-0.05, 0) is 61.4 Å². The van der Waals surface area contributed by atoms with Crippen LogP contribution >= 0.6 is 11.3 Å². The molecule has 32 heavy (non-hydrogen) atoms. The van der Waals surface area contributed by atoms with Crippen molar-refractivity contribution in [2.45, 2.75) is 20.4 Å². The van der Waals surface area contributed by atoms with Crippen LogP contribution in [0, 0.1) is 13.8 Å². The number of carbonyl (C=O) groups excluding carboxylic acids is 3. The average Bonchev–Trinajstić information content (AvgIpc) is 3.49. The molecule has 0 unspecified atom stereocenters. The molecule has 0 spiro atoms. The Morgan fingerprint density at radius 2 is 1.72 bits per heavy atom. The normalized spacial score (nSPS) is 13.1. The number of hydrogen-bond acceptors (Lipinski definition) is 6. The second-order valence-electron chi connectivity index (χ2n) is 7.70. The van der Waals surface area contributed by atoms with Gasteiger partial charge in [-0.1, -0.05) is 23.5 Å². The number of imide groups is 1. The molecule has 0 saturated carbocycles. The first-order valence-electron chi connectivity index (χ1n) is 10.1. The lowest BCUT2D eigenvalue weighted by Crippen LogP contribution is -2.42. The van der Waals surface area contributed by atoms with E-state index in [-0.39, 0.29) is 13.1 Å². The third-order valence-electron chi connectivity index (χ3n) is 5.59. The summed E-state index contributed by atoms with van der Waals surface area (Å²) in [6.07, 6.45) is 1.53. The first-order valence-corrected chi connectivity index (χ1v) is 10.9. The number of aryl methyl sites for hydroxylation is 2. The molecule has 0 saturated heterocycles. The highest BCUT2D eigenvalue weighted by molar-refractivity contribution is 7.22. The van der Waals surface area contributed by atoms with E-state index in [0.717, 1.165) is 26.2 Å². The summed E-state index contributed by atoms with van der Waals surface area (Å²) in [5, 5.41) is 0.489. The van der Waals surface area contributed by atoms with E-state index in [4.69, 9.17) is 4.42 Å². The molecule has 2 aromatic carbocycles. The van der Waals surface area contributed by atoms with Crippen LogP contribution in [0.2, 0.25) is 0 Å². The van der Waals surface area contributed by atoms with E-state index in [0.29, 0.717) is 22.0 Å². The van der Waals surface area contributed by atoms with Crippen molar-refractivity contribution in [1.29, 1.82) is 0 Å². The van der Waals surface area contributed by atoms with Crippen LogP contribution < -0.4 is 4.90 Å². The number of furan rings is 1. The van der Waals surface area contributed by atoms with Crippen molar-refractivity contribution in [2.24, 2.45) is 0 Å². The molecule has 4 aromatic rings. The van der Waals surface area contributed by atoms with Gasteiger partial charge in [-0.2, -0.15) is 0 Å². The zero-order chi connectivity index (χ0) is 22.4. The van der Waals surface area contributed by atoms with Crippen LogP contribution in [0.5, 0.6) is 0 Å². The number of aromatic nitrogens is 1. The fraction of sp³-hybridized carbons (Fsp3) is 0.167. The summed E-state index contributed by atoms with van der Waals surface area (Å²) in [6.45, 7) is 3.82. The molecule has 160 valence electrons. The molecule has 0 atom stereocenters. The molecule has 2 aromatic heterocycles. The maximum atomic E-state index is 13.4. The maximum absolute atomic E-state index is 13.4. The van der Waals surface area contributed by atoms with Gasteiger partial charge in [-0.3, -0.25) is 24.2 Å². The molecule has 0 aliphatic carbocycles. The summed E-state index contributed by atoms with van der Waals surface area (Å²) >= 11 is 1.39. The minimum Gasteiger partial charge on any atom is -0.467 e. The Morgan fingerprint density at radius 1 is 1.03 bits per heavy atom. The lowest BCUT2D eigenvalue weighted by Gasteiger charge is -2.21. The van der Waals surface area contributed by atoms with Crippen molar-refractivity contribution >= 4 is 44.4 Å². The third kappa shape index (κ3) is 3.38. The highest BCUT2D eigenvalue weighted by Gasteiger charge is 2.37. The van der Waals surface area contributed by atoms with E-state index in [9.17, 15) is 14.4 Å². The number of hydrogen-bond donors (Lipinski definition) is 0. The summed E-state index contributed by atoms with van der Waals surface area (Å²) in [6, 6.07) is 14.1. The molecular weight excluding hydrogens is 426 g/mol.